The number of hydrogen-bond donors (Lipinski definition) is 1. The molecule has 0 fully saturated rings. The first-order valence-corrected chi connectivity index (χ1v) is 16.3. The van der Waals surface area contributed by atoms with E-state index in [2.05, 4.69) is 26.0 Å². The van der Waals surface area contributed by atoms with Crippen LogP contribution in [0.3, 0.4) is 0 Å². The van der Waals surface area contributed by atoms with Gasteiger partial charge in [0.1, 0.15) is 6.10 Å². The summed E-state index contributed by atoms with van der Waals surface area (Å²) in [6.07, 6.45) is 33.8. The molecule has 0 heterocycles. The number of aliphatic hydroxyl groups excluding tert-OH is 1. The highest BCUT2D eigenvalue weighted by Gasteiger charge is 2.13. The molecule has 1 atom stereocenters. The Balaban J connectivity index is 3.42. The molecular weight excluding hydrogens is 460 g/mol. The molecule has 4 nitrogen and oxygen atoms in total. The van der Waals surface area contributed by atoms with Gasteiger partial charge in [0.25, 0.3) is 0 Å². The molecule has 1 N–H and O–H groups in total. The Bertz CT molecular complexity index is 477. The van der Waals surface area contributed by atoms with Gasteiger partial charge in [-0.3, -0.25) is 4.79 Å². The van der Waals surface area contributed by atoms with Crippen molar-refractivity contribution in [1.82, 2.24) is 0 Å². The number of ether oxygens (including phenoxy) is 2. The molecule has 0 aliphatic rings. The lowest BCUT2D eigenvalue weighted by Crippen LogP contribution is -2.27. The maximum absolute atomic E-state index is 12.0. The van der Waals surface area contributed by atoms with Crippen molar-refractivity contribution in [2.75, 3.05) is 19.8 Å². The average Bonchev–Trinajstić information content (AvgIpc) is 2.90. The van der Waals surface area contributed by atoms with E-state index in [1.54, 1.807) is 0 Å². The van der Waals surface area contributed by atoms with Crippen molar-refractivity contribution in [3.8, 4) is 0 Å². The van der Waals surface area contributed by atoms with Gasteiger partial charge in [-0.2, -0.15) is 0 Å². The van der Waals surface area contributed by atoms with Crippen LogP contribution in [0.25, 0.3) is 0 Å². The predicted octanol–water partition coefficient (Wildman–Crippen LogP) is 9.87. The van der Waals surface area contributed by atoms with Crippen molar-refractivity contribution in [3.05, 3.63) is 12.2 Å². The average molecular weight is 525 g/mol. The first kappa shape index (κ1) is 36.1. The smallest absolute Gasteiger partial charge is 0.306 e. The highest BCUT2D eigenvalue weighted by molar-refractivity contribution is 5.69. The van der Waals surface area contributed by atoms with E-state index < -0.39 is 6.10 Å². The van der Waals surface area contributed by atoms with E-state index in [4.69, 9.17) is 9.47 Å². The van der Waals surface area contributed by atoms with Crippen LogP contribution in [0.4, 0.5) is 0 Å². The van der Waals surface area contributed by atoms with Gasteiger partial charge in [0.2, 0.25) is 0 Å². The summed E-state index contributed by atoms with van der Waals surface area (Å²) in [6, 6.07) is 0. The number of aliphatic hydroxyl groups is 1. The van der Waals surface area contributed by atoms with Crippen molar-refractivity contribution in [2.45, 2.75) is 174 Å². The van der Waals surface area contributed by atoms with Crippen LogP contribution < -0.4 is 0 Å². The van der Waals surface area contributed by atoms with E-state index in [-0.39, 0.29) is 12.6 Å². The van der Waals surface area contributed by atoms with Crippen LogP contribution >= 0.6 is 0 Å². The van der Waals surface area contributed by atoms with E-state index in [1.165, 1.54) is 128 Å². The fourth-order valence-corrected chi connectivity index (χ4v) is 4.60. The monoisotopic (exact) mass is 524 g/mol. The fraction of sp³-hybridized carbons (Fsp3) is 0.909. The van der Waals surface area contributed by atoms with Crippen LogP contribution in [0.15, 0.2) is 12.2 Å². The van der Waals surface area contributed by atoms with Crippen LogP contribution in [0.1, 0.15) is 168 Å². The Kier molecular flexibility index (Phi) is 30.6. The van der Waals surface area contributed by atoms with Crippen LogP contribution in [-0.2, 0) is 14.3 Å². The summed E-state index contributed by atoms with van der Waals surface area (Å²) in [5, 5.41) is 9.50. The first-order valence-electron chi connectivity index (χ1n) is 16.3. The molecule has 0 aromatic carbocycles. The van der Waals surface area contributed by atoms with E-state index in [1.807, 2.05) is 0 Å². The van der Waals surface area contributed by atoms with Gasteiger partial charge in [-0.15, -0.1) is 0 Å². The molecule has 1 unspecified atom stereocenters. The Morgan fingerprint density at radius 3 is 1.62 bits per heavy atom. The molecule has 220 valence electrons. The van der Waals surface area contributed by atoms with Crippen molar-refractivity contribution >= 4 is 5.97 Å². The molecule has 0 radical (unpaired) electrons. The van der Waals surface area contributed by atoms with Gasteiger partial charge >= 0.3 is 5.97 Å². The molecule has 0 aromatic rings. The maximum atomic E-state index is 12.0. The van der Waals surface area contributed by atoms with Gasteiger partial charge in [0.15, 0.2) is 0 Å². The summed E-state index contributed by atoms with van der Waals surface area (Å²) >= 11 is 0. The summed E-state index contributed by atoms with van der Waals surface area (Å²) in [6.45, 7) is 5.31. The molecule has 0 saturated heterocycles. The molecule has 37 heavy (non-hydrogen) atoms. The second kappa shape index (κ2) is 31.3. The van der Waals surface area contributed by atoms with Gasteiger partial charge in [0.05, 0.1) is 13.2 Å². The van der Waals surface area contributed by atoms with Crippen LogP contribution in [0.2, 0.25) is 0 Å². The normalized spacial score (nSPS) is 12.4. The predicted molar refractivity (Wildman–Crippen MR) is 159 cm³/mol. The van der Waals surface area contributed by atoms with E-state index in [0.29, 0.717) is 19.6 Å². The lowest BCUT2D eigenvalue weighted by Gasteiger charge is -2.15. The van der Waals surface area contributed by atoms with Crippen LogP contribution in [0, 0.1) is 0 Å². The fourth-order valence-electron chi connectivity index (χ4n) is 4.60. The van der Waals surface area contributed by atoms with Gasteiger partial charge < -0.3 is 14.6 Å². The SMILES string of the molecule is CCCC/C=C\CCCCCCCC(=O)OC(CO)COCCCCCCCCCCCCCCCC. The second-order valence-corrected chi connectivity index (χ2v) is 10.9. The third-order valence-electron chi connectivity index (χ3n) is 7.09. The minimum atomic E-state index is -0.529. The largest absolute Gasteiger partial charge is 0.457 e. The Hall–Kier alpha value is -0.870. The Morgan fingerprint density at radius 2 is 1.08 bits per heavy atom. The quantitative estimate of drug-likeness (QED) is 0.0577. The van der Waals surface area contributed by atoms with E-state index in [0.717, 1.165) is 19.3 Å². The molecule has 0 aliphatic heterocycles. The lowest BCUT2D eigenvalue weighted by atomic mass is 10.0. The molecular formula is C33H64O4. The summed E-state index contributed by atoms with van der Waals surface area (Å²) < 4.78 is 11.1. The minimum absolute atomic E-state index is 0.170. The number of allylic oxidation sites excluding steroid dienone is 2. The summed E-state index contributed by atoms with van der Waals surface area (Å²) in [4.78, 5) is 12.0. The van der Waals surface area contributed by atoms with Crippen LogP contribution in [0.5, 0.6) is 0 Å². The number of unbranched alkanes of at least 4 members (excludes halogenated alkanes) is 20. The third-order valence-corrected chi connectivity index (χ3v) is 7.09. The Labute approximate surface area is 231 Å². The molecule has 4 heteroatoms. The summed E-state index contributed by atoms with van der Waals surface area (Å²) in [7, 11) is 0. The van der Waals surface area contributed by atoms with Crippen molar-refractivity contribution < 1.29 is 19.4 Å². The van der Waals surface area contributed by atoms with Crippen LogP contribution in [-0.4, -0.2) is 37.0 Å². The molecule has 0 aromatic heterocycles. The summed E-state index contributed by atoms with van der Waals surface area (Å²) in [5.74, 6) is -0.210. The molecule has 0 aliphatic carbocycles. The first-order chi connectivity index (χ1) is 18.2. The molecule has 0 amide bonds. The summed E-state index contributed by atoms with van der Waals surface area (Å²) in [5.41, 5.74) is 0. The number of esters is 1. The second-order valence-electron chi connectivity index (χ2n) is 10.9. The minimum Gasteiger partial charge on any atom is -0.457 e. The van der Waals surface area contributed by atoms with Gasteiger partial charge in [0, 0.05) is 13.0 Å². The van der Waals surface area contributed by atoms with Crippen molar-refractivity contribution in [3.63, 3.8) is 0 Å². The molecule has 0 spiro atoms. The highest BCUT2D eigenvalue weighted by Crippen LogP contribution is 2.13. The van der Waals surface area contributed by atoms with E-state index in [9.17, 15) is 9.90 Å². The number of carbonyl (C=O) groups is 1. The van der Waals surface area contributed by atoms with Gasteiger partial charge in [-0.05, 0) is 32.1 Å². The van der Waals surface area contributed by atoms with Crippen molar-refractivity contribution in [1.29, 1.82) is 0 Å². The van der Waals surface area contributed by atoms with E-state index >= 15 is 0 Å². The molecule has 0 bridgehead atoms. The van der Waals surface area contributed by atoms with Gasteiger partial charge in [-0.25, -0.2) is 0 Å². The number of hydrogen-bond acceptors (Lipinski definition) is 4. The standard InChI is InChI=1S/C33H64O4/c1-3-5-7-9-11-13-15-16-17-19-21-23-25-27-29-36-31-32(30-34)37-33(35)28-26-24-22-20-18-14-12-10-8-6-4-2/h10,12,32,34H,3-9,11,13-31H2,1-2H3/b12-10-. The topological polar surface area (TPSA) is 55.8 Å². The zero-order valence-corrected chi connectivity index (χ0v) is 25.0. The lowest BCUT2D eigenvalue weighted by molar-refractivity contribution is -0.154. The highest BCUT2D eigenvalue weighted by atomic mass is 16.6. The zero-order valence-electron chi connectivity index (χ0n) is 25.0. The third kappa shape index (κ3) is 29.5. The molecule has 0 rings (SSSR count). The number of rotatable bonds is 30. The maximum Gasteiger partial charge on any atom is 0.306 e. The number of carbonyl (C=O) groups excluding carboxylic acids is 1. The molecule has 0 saturated carbocycles. The Morgan fingerprint density at radius 1 is 0.622 bits per heavy atom. The van der Waals surface area contributed by atoms with Gasteiger partial charge in [-0.1, -0.05) is 142 Å². The zero-order chi connectivity index (χ0) is 27.1. The van der Waals surface area contributed by atoms with Crippen molar-refractivity contribution in [2.24, 2.45) is 0 Å².